The molecule has 2 rings (SSSR count). The largest absolute Gasteiger partial charge is 0.313 e. The predicted octanol–water partition coefficient (Wildman–Crippen LogP) is 5.10. The van der Waals surface area contributed by atoms with E-state index in [9.17, 15) is 0 Å². The molecule has 0 heterocycles. The molecule has 0 aliphatic carbocycles. The predicted molar refractivity (Wildman–Crippen MR) is 120 cm³/mol. The zero-order valence-electron chi connectivity index (χ0n) is 14.1. The van der Waals surface area contributed by atoms with Crippen molar-refractivity contribution in [2.75, 3.05) is 0 Å². The number of hydrogen-bond donors (Lipinski definition) is 2. The van der Waals surface area contributed by atoms with Gasteiger partial charge < -0.3 is 11.5 Å². The highest BCUT2D eigenvalue weighted by atomic mass is 127. The van der Waals surface area contributed by atoms with Gasteiger partial charge in [-0.3, -0.25) is 0 Å². The van der Waals surface area contributed by atoms with Crippen molar-refractivity contribution in [3.05, 3.63) is 66.8 Å². The molecule has 0 aliphatic rings. The Morgan fingerprint density at radius 2 is 1.38 bits per heavy atom. The topological polar surface area (TPSA) is 52.0 Å². The molecule has 0 bridgehead atoms. The molecule has 24 heavy (non-hydrogen) atoms. The minimum absolute atomic E-state index is 0.275. The van der Waals surface area contributed by atoms with Crippen molar-refractivity contribution in [2.45, 2.75) is 44.7 Å². The first-order chi connectivity index (χ1) is 11.4. The molecule has 0 amide bonds. The van der Waals surface area contributed by atoms with Crippen LogP contribution in [0.15, 0.2) is 48.5 Å². The van der Waals surface area contributed by atoms with E-state index in [1.807, 2.05) is 0 Å². The lowest BCUT2D eigenvalue weighted by atomic mass is 9.80. The van der Waals surface area contributed by atoms with Gasteiger partial charge in [0, 0.05) is 13.6 Å². The van der Waals surface area contributed by atoms with Crippen molar-refractivity contribution in [1.29, 1.82) is 0 Å². The van der Waals surface area contributed by atoms with Crippen LogP contribution in [0.1, 0.15) is 37.3 Å². The Morgan fingerprint density at radius 3 is 1.88 bits per heavy atom. The lowest BCUT2D eigenvalue weighted by molar-refractivity contribution is 0.252. The molecule has 1 unspecified atom stereocenters. The molecule has 0 saturated carbocycles. The number of nitrogens with two attached hydrogens (primary N) is 2. The van der Waals surface area contributed by atoms with Gasteiger partial charge in [0.05, 0.1) is 5.66 Å². The summed E-state index contributed by atoms with van der Waals surface area (Å²) in [4.78, 5) is 0. The molecule has 4 heteroatoms. The van der Waals surface area contributed by atoms with Gasteiger partial charge in [-0.25, -0.2) is 0 Å². The number of unbranched alkanes of at least 4 members (excludes halogenated alkanes) is 1. The maximum atomic E-state index is 6.62. The number of benzene rings is 2. The second-order valence-corrected chi connectivity index (χ2v) is 9.08. The van der Waals surface area contributed by atoms with Crippen molar-refractivity contribution < 1.29 is 0 Å². The fourth-order valence-corrected chi connectivity index (χ4v) is 3.74. The molecule has 2 aromatic carbocycles. The molecule has 0 aliphatic heterocycles. The van der Waals surface area contributed by atoms with Crippen LogP contribution in [0.4, 0.5) is 0 Å². The summed E-state index contributed by atoms with van der Waals surface area (Å²) in [5, 5.41) is 0. The van der Waals surface area contributed by atoms with E-state index in [-0.39, 0.29) is 5.92 Å². The average Bonchev–Trinajstić information content (AvgIpc) is 2.55. The van der Waals surface area contributed by atoms with E-state index in [1.54, 1.807) is 0 Å². The summed E-state index contributed by atoms with van der Waals surface area (Å²) in [6.07, 6.45) is 5.05. The molecule has 0 radical (unpaired) electrons. The summed E-state index contributed by atoms with van der Waals surface area (Å²) < 4.78 is 2.49. The molecule has 0 saturated heterocycles. The van der Waals surface area contributed by atoms with Gasteiger partial charge in [-0.1, -0.05) is 44.0 Å². The van der Waals surface area contributed by atoms with Crippen molar-refractivity contribution in [3.8, 4) is 0 Å². The van der Waals surface area contributed by atoms with E-state index < -0.39 is 5.66 Å². The van der Waals surface area contributed by atoms with Gasteiger partial charge >= 0.3 is 0 Å². The third-order valence-electron chi connectivity index (χ3n) is 4.49. The summed E-state index contributed by atoms with van der Waals surface area (Å²) in [7, 11) is 0. The molecule has 4 N–H and O–H groups in total. The van der Waals surface area contributed by atoms with Gasteiger partial charge in [0.1, 0.15) is 0 Å². The van der Waals surface area contributed by atoms with E-state index in [1.165, 1.54) is 24.7 Å². The fourth-order valence-electron chi connectivity index (χ4n) is 3.02. The minimum Gasteiger partial charge on any atom is -0.313 e. The smallest absolute Gasteiger partial charge is 0.0710 e. The average molecular weight is 548 g/mol. The monoisotopic (exact) mass is 548 g/mol. The SMILES string of the molecule is CCCCC(Cc1ccc(I)cc1)C(N)(N)Cc1ccc(I)cc1. The highest BCUT2D eigenvalue weighted by molar-refractivity contribution is 14.1. The Morgan fingerprint density at radius 1 is 0.875 bits per heavy atom. The Hall–Kier alpha value is -0.180. The Kier molecular flexibility index (Phi) is 7.97. The van der Waals surface area contributed by atoms with Gasteiger partial charge in [-0.2, -0.15) is 0 Å². The zero-order chi connectivity index (χ0) is 17.6. The highest BCUT2D eigenvalue weighted by Gasteiger charge is 2.30. The van der Waals surface area contributed by atoms with Gasteiger partial charge in [0.2, 0.25) is 0 Å². The van der Waals surface area contributed by atoms with E-state index in [0.29, 0.717) is 6.42 Å². The van der Waals surface area contributed by atoms with Crippen molar-refractivity contribution in [2.24, 2.45) is 17.4 Å². The van der Waals surface area contributed by atoms with Crippen LogP contribution in [0.3, 0.4) is 0 Å². The third kappa shape index (κ3) is 6.28. The summed E-state index contributed by atoms with van der Waals surface area (Å²) in [5.74, 6) is 0.275. The molecule has 2 aromatic rings. The highest BCUT2D eigenvalue weighted by Crippen LogP contribution is 2.26. The van der Waals surface area contributed by atoms with E-state index in [0.717, 1.165) is 19.3 Å². The third-order valence-corrected chi connectivity index (χ3v) is 5.92. The summed E-state index contributed by atoms with van der Waals surface area (Å²) in [6, 6.07) is 17.2. The molecule has 0 spiro atoms. The van der Waals surface area contributed by atoms with Crippen molar-refractivity contribution in [3.63, 3.8) is 0 Å². The maximum absolute atomic E-state index is 6.62. The first-order valence-corrected chi connectivity index (χ1v) is 10.6. The first-order valence-electron chi connectivity index (χ1n) is 8.47. The number of hydrogen-bond acceptors (Lipinski definition) is 2. The van der Waals surface area contributed by atoms with Crippen LogP contribution in [0.25, 0.3) is 0 Å². The van der Waals surface area contributed by atoms with Gasteiger partial charge in [-0.05, 0) is 99.3 Å². The van der Waals surface area contributed by atoms with Crippen LogP contribution in [-0.2, 0) is 12.8 Å². The van der Waals surface area contributed by atoms with Crippen molar-refractivity contribution in [1.82, 2.24) is 0 Å². The van der Waals surface area contributed by atoms with Crippen LogP contribution < -0.4 is 11.5 Å². The first kappa shape index (κ1) is 20.1. The Balaban J connectivity index is 2.14. The van der Waals surface area contributed by atoms with Crippen LogP contribution in [0.5, 0.6) is 0 Å². The van der Waals surface area contributed by atoms with Gasteiger partial charge in [0.25, 0.3) is 0 Å². The van der Waals surface area contributed by atoms with E-state index in [2.05, 4.69) is 101 Å². The zero-order valence-corrected chi connectivity index (χ0v) is 18.5. The molecular formula is C20H26I2N2. The number of halogens is 2. The van der Waals surface area contributed by atoms with Crippen LogP contribution in [-0.4, -0.2) is 5.66 Å². The molecule has 0 aromatic heterocycles. The molecule has 130 valence electrons. The second-order valence-electron chi connectivity index (χ2n) is 6.59. The van der Waals surface area contributed by atoms with Crippen molar-refractivity contribution >= 4 is 45.2 Å². The lowest BCUT2D eigenvalue weighted by Gasteiger charge is -2.35. The molecule has 0 fully saturated rings. The summed E-state index contributed by atoms with van der Waals surface area (Å²) in [5.41, 5.74) is 15.1. The van der Waals surface area contributed by atoms with Gasteiger partial charge in [-0.15, -0.1) is 0 Å². The molecule has 1 atom stereocenters. The van der Waals surface area contributed by atoms with Crippen LogP contribution in [0, 0.1) is 13.1 Å². The standard InChI is InChI=1S/C20H26I2N2/c1-2-3-4-17(13-15-5-9-18(21)10-6-15)20(23,24)14-16-7-11-19(22)12-8-16/h5-12,17H,2-4,13-14,23-24H2,1H3. The van der Waals surface area contributed by atoms with Crippen LogP contribution in [0.2, 0.25) is 0 Å². The van der Waals surface area contributed by atoms with E-state index in [4.69, 9.17) is 11.5 Å². The quantitative estimate of drug-likeness (QED) is 0.357. The maximum Gasteiger partial charge on any atom is 0.0710 e. The minimum atomic E-state index is -0.690. The second kappa shape index (κ2) is 9.50. The van der Waals surface area contributed by atoms with E-state index >= 15 is 0 Å². The number of rotatable bonds is 8. The summed E-state index contributed by atoms with van der Waals surface area (Å²) in [6.45, 7) is 2.22. The fraction of sp³-hybridized carbons (Fsp3) is 0.400. The Bertz CT molecular complexity index is 621. The molecular weight excluding hydrogens is 522 g/mol. The normalized spacial score (nSPS) is 13.0. The Labute approximate surface area is 173 Å². The van der Waals surface area contributed by atoms with Gasteiger partial charge in [0.15, 0.2) is 0 Å². The summed E-state index contributed by atoms with van der Waals surface area (Å²) >= 11 is 4.66. The molecule has 2 nitrogen and oxygen atoms in total. The van der Waals surface area contributed by atoms with Crippen LogP contribution >= 0.6 is 45.2 Å². The lowest BCUT2D eigenvalue weighted by Crippen LogP contribution is -2.58.